The highest BCUT2D eigenvalue weighted by atomic mass is 19.1. The van der Waals surface area contributed by atoms with E-state index in [4.69, 9.17) is 4.74 Å². The minimum Gasteiger partial charge on any atom is -0.450 e. The Morgan fingerprint density at radius 2 is 2.03 bits per heavy atom. The first kappa shape index (κ1) is 22.2. The molecule has 4 aromatic rings. The summed E-state index contributed by atoms with van der Waals surface area (Å²) in [7, 11) is 0. The molecule has 9 heteroatoms. The second-order valence-corrected chi connectivity index (χ2v) is 7.89. The van der Waals surface area contributed by atoms with E-state index in [0.29, 0.717) is 22.5 Å². The molecule has 0 aliphatic heterocycles. The van der Waals surface area contributed by atoms with Gasteiger partial charge in [0.1, 0.15) is 22.8 Å². The standard InChI is InChI=1S/C24H25FN6O2/c1-4-33-24(32)31-23-29-19-11-16(15-7-8-20(28-13-15)27-12-14(2)3)10-17(22(19)30-23)21-18(25)6-5-9-26-21/h5-11,13-14H,4,12H2,1-3H3,(H,27,28)(H2,29,30,31,32). The number of nitrogens with one attached hydrogen (secondary N) is 3. The van der Waals surface area contributed by atoms with Gasteiger partial charge in [-0.05, 0) is 54.8 Å². The van der Waals surface area contributed by atoms with E-state index in [1.807, 2.05) is 24.3 Å². The minimum absolute atomic E-state index is 0.168. The SMILES string of the molecule is CCOC(=O)Nc1nc2c(-c3ncccc3F)cc(-c3ccc(NCC(C)C)nc3)cc2[nH]1. The number of halogens is 1. The highest BCUT2D eigenvalue weighted by molar-refractivity contribution is 5.97. The topological polar surface area (TPSA) is 105 Å². The van der Waals surface area contributed by atoms with Crippen LogP contribution in [0.15, 0.2) is 48.8 Å². The molecule has 1 amide bonds. The molecule has 0 fully saturated rings. The molecular weight excluding hydrogens is 423 g/mol. The number of benzene rings is 1. The van der Waals surface area contributed by atoms with Crippen molar-refractivity contribution in [2.24, 2.45) is 5.92 Å². The number of anilines is 2. The fourth-order valence-corrected chi connectivity index (χ4v) is 3.35. The van der Waals surface area contributed by atoms with Gasteiger partial charge in [-0.15, -0.1) is 0 Å². The molecule has 0 saturated carbocycles. The van der Waals surface area contributed by atoms with Gasteiger partial charge in [0, 0.05) is 30.1 Å². The molecule has 3 heterocycles. The molecule has 0 spiro atoms. The Bertz CT molecular complexity index is 1270. The Balaban J connectivity index is 1.77. The van der Waals surface area contributed by atoms with E-state index < -0.39 is 11.9 Å². The van der Waals surface area contributed by atoms with Gasteiger partial charge in [0.25, 0.3) is 0 Å². The largest absolute Gasteiger partial charge is 0.450 e. The van der Waals surface area contributed by atoms with Gasteiger partial charge in [-0.25, -0.2) is 19.2 Å². The van der Waals surface area contributed by atoms with Crippen molar-refractivity contribution in [3.63, 3.8) is 0 Å². The van der Waals surface area contributed by atoms with Crippen molar-refractivity contribution >= 4 is 28.9 Å². The van der Waals surface area contributed by atoms with Gasteiger partial charge in [0.05, 0.1) is 12.1 Å². The zero-order chi connectivity index (χ0) is 23.4. The van der Waals surface area contributed by atoms with Crippen LogP contribution in [0.25, 0.3) is 33.4 Å². The number of aromatic nitrogens is 4. The number of carbonyl (C=O) groups excluding carboxylic acids is 1. The lowest BCUT2D eigenvalue weighted by Crippen LogP contribution is -2.14. The van der Waals surface area contributed by atoms with E-state index in [2.05, 4.69) is 44.4 Å². The summed E-state index contributed by atoms with van der Waals surface area (Å²) in [5.74, 6) is 1.02. The Labute approximate surface area is 190 Å². The molecule has 4 rings (SSSR count). The van der Waals surface area contributed by atoms with Crippen molar-refractivity contribution in [1.29, 1.82) is 0 Å². The molecule has 0 aliphatic rings. The molecule has 0 radical (unpaired) electrons. The van der Waals surface area contributed by atoms with Crippen molar-refractivity contribution < 1.29 is 13.9 Å². The first-order chi connectivity index (χ1) is 15.9. The van der Waals surface area contributed by atoms with Gasteiger partial charge in [-0.1, -0.05) is 13.8 Å². The van der Waals surface area contributed by atoms with Crippen LogP contribution in [0.3, 0.4) is 0 Å². The lowest BCUT2D eigenvalue weighted by molar-refractivity contribution is 0.167. The third kappa shape index (κ3) is 5.08. The Hall–Kier alpha value is -4.01. The summed E-state index contributed by atoms with van der Waals surface area (Å²) in [6, 6.07) is 10.4. The van der Waals surface area contributed by atoms with E-state index in [9.17, 15) is 9.18 Å². The molecule has 0 unspecified atom stereocenters. The number of ether oxygens (including phenoxy) is 1. The maximum Gasteiger partial charge on any atom is 0.413 e. The maximum absolute atomic E-state index is 14.6. The van der Waals surface area contributed by atoms with Crippen LogP contribution in [-0.4, -0.2) is 39.2 Å². The zero-order valence-corrected chi connectivity index (χ0v) is 18.6. The van der Waals surface area contributed by atoms with Crippen LogP contribution >= 0.6 is 0 Å². The van der Waals surface area contributed by atoms with E-state index in [1.165, 1.54) is 18.3 Å². The Morgan fingerprint density at radius 1 is 1.18 bits per heavy atom. The normalized spacial score (nSPS) is 11.1. The third-order valence-electron chi connectivity index (χ3n) is 4.88. The predicted molar refractivity (Wildman–Crippen MR) is 126 cm³/mol. The number of amides is 1. The molecule has 0 saturated heterocycles. The van der Waals surface area contributed by atoms with Crippen LogP contribution in [0, 0.1) is 11.7 Å². The van der Waals surface area contributed by atoms with Crippen LogP contribution in [0.5, 0.6) is 0 Å². The third-order valence-corrected chi connectivity index (χ3v) is 4.88. The molecule has 0 aliphatic carbocycles. The van der Waals surface area contributed by atoms with Crippen LogP contribution < -0.4 is 10.6 Å². The van der Waals surface area contributed by atoms with Gasteiger partial charge in [-0.3, -0.25) is 10.3 Å². The molecule has 8 nitrogen and oxygen atoms in total. The lowest BCUT2D eigenvalue weighted by Gasteiger charge is -2.10. The number of rotatable bonds is 7. The molecule has 3 aromatic heterocycles. The molecule has 33 heavy (non-hydrogen) atoms. The van der Waals surface area contributed by atoms with Gasteiger partial charge in [0.15, 0.2) is 0 Å². The number of imidazole rings is 1. The average Bonchev–Trinajstić information content (AvgIpc) is 3.20. The predicted octanol–water partition coefficient (Wildman–Crippen LogP) is 5.46. The van der Waals surface area contributed by atoms with Gasteiger partial charge in [-0.2, -0.15) is 0 Å². The number of hydrogen-bond donors (Lipinski definition) is 3. The summed E-state index contributed by atoms with van der Waals surface area (Å²) in [6.07, 6.45) is 2.66. The van der Waals surface area contributed by atoms with Crippen molar-refractivity contribution in [2.75, 3.05) is 23.8 Å². The quantitative estimate of drug-likeness (QED) is 0.347. The number of pyridine rings is 2. The fraction of sp³-hybridized carbons (Fsp3) is 0.250. The lowest BCUT2D eigenvalue weighted by atomic mass is 10.0. The maximum atomic E-state index is 14.6. The van der Waals surface area contributed by atoms with Crippen LogP contribution in [0.2, 0.25) is 0 Å². The minimum atomic E-state index is -0.629. The number of H-pyrrole nitrogens is 1. The van der Waals surface area contributed by atoms with E-state index in [0.717, 1.165) is 23.5 Å². The molecule has 170 valence electrons. The van der Waals surface area contributed by atoms with Crippen molar-refractivity contribution in [1.82, 2.24) is 19.9 Å². The number of nitrogens with zero attached hydrogens (tertiary/aromatic N) is 3. The van der Waals surface area contributed by atoms with Gasteiger partial charge in [0.2, 0.25) is 5.95 Å². The van der Waals surface area contributed by atoms with E-state index >= 15 is 0 Å². The second kappa shape index (κ2) is 9.64. The summed E-state index contributed by atoms with van der Waals surface area (Å²) in [5, 5.41) is 5.84. The van der Waals surface area contributed by atoms with Gasteiger partial charge < -0.3 is 15.0 Å². The number of fused-ring (bicyclic) bond motifs is 1. The van der Waals surface area contributed by atoms with Crippen LogP contribution in [0.4, 0.5) is 21.0 Å². The van der Waals surface area contributed by atoms with Crippen LogP contribution in [0.1, 0.15) is 20.8 Å². The average molecular weight is 449 g/mol. The second-order valence-electron chi connectivity index (χ2n) is 7.89. The van der Waals surface area contributed by atoms with E-state index in [1.54, 1.807) is 13.1 Å². The van der Waals surface area contributed by atoms with Crippen molar-refractivity contribution in [3.8, 4) is 22.4 Å². The summed E-state index contributed by atoms with van der Waals surface area (Å²) in [6.45, 7) is 7.03. The highest BCUT2D eigenvalue weighted by Crippen LogP contribution is 2.34. The van der Waals surface area contributed by atoms with Gasteiger partial charge >= 0.3 is 6.09 Å². The first-order valence-electron chi connectivity index (χ1n) is 10.7. The fourth-order valence-electron chi connectivity index (χ4n) is 3.35. The van der Waals surface area contributed by atoms with Crippen LogP contribution in [-0.2, 0) is 4.74 Å². The summed E-state index contributed by atoms with van der Waals surface area (Å²) >= 11 is 0. The number of carbonyl (C=O) groups is 1. The van der Waals surface area contributed by atoms with Crippen molar-refractivity contribution in [2.45, 2.75) is 20.8 Å². The van der Waals surface area contributed by atoms with E-state index in [-0.39, 0.29) is 18.2 Å². The summed E-state index contributed by atoms with van der Waals surface area (Å²) in [4.78, 5) is 28.1. The zero-order valence-electron chi connectivity index (χ0n) is 18.6. The monoisotopic (exact) mass is 448 g/mol. The number of hydrogen-bond acceptors (Lipinski definition) is 6. The molecule has 0 bridgehead atoms. The molecule has 0 atom stereocenters. The number of aromatic amines is 1. The smallest absolute Gasteiger partial charge is 0.413 e. The first-order valence-corrected chi connectivity index (χ1v) is 10.7. The molecule has 3 N–H and O–H groups in total. The highest BCUT2D eigenvalue weighted by Gasteiger charge is 2.17. The molecule has 1 aromatic carbocycles. The summed E-state index contributed by atoms with van der Waals surface area (Å²) < 4.78 is 19.6. The van der Waals surface area contributed by atoms with Crippen molar-refractivity contribution in [3.05, 3.63) is 54.6 Å². The Morgan fingerprint density at radius 3 is 2.73 bits per heavy atom. The molecular formula is C24H25FN6O2. The Kier molecular flexibility index (Phi) is 6.48. The summed E-state index contributed by atoms with van der Waals surface area (Å²) in [5.41, 5.74) is 3.40.